The van der Waals surface area contributed by atoms with Gasteiger partial charge < -0.3 is 9.63 Å². The van der Waals surface area contributed by atoms with Crippen molar-refractivity contribution in [3.8, 4) is 0 Å². The number of rotatable bonds is 7. The molecule has 2 aromatic heterocycles. The fourth-order valence-electron chi connectivity index (χ4n) is 3.01. The fraction of sp³-hybridized carbons (Fsp3) is 0.263. The molecule has 0 atom stereocenters. The number of nitrogens with one attached hydrogen (secondary N) is 1. The normalized spacial score (nSPS) is 11.6. The average Bonchev–Trinajstić information content (AvgIpc) is 3.27. The van der Waals surface area contributed by atoms with E-state index in [1.807, 2.05) is 26.0 Å². The van der Waals surface area contributed by atoms with E-state index in [-0.39, 0.29) is 39.5 Å². The monoisotopic (exact) mass is 454 g/mol. The molecular formula is C19H19ClN2O5S2. The number of aryl methyl sites for hydroxylation is 3. The largest absolute Gasteiger partial charge is 0.392 e. The number of aliphatic hydroxyl groups excluding tert-OH is 1. The zero-order chi connectivity index (χ0) is 21.3. The highest BCUT2D eigenvalue weighted by atomic mass is 35.5. The number of anilines is 1. The van der Waals surface area contributed by atoms with Crippen molar-refractivity contribution >= 4 is 44.6 Å². The summed E-state index contributed by atoms with van der Waals surface area (Å²) >= 11 is 7.04. The zero-order valence-electron chi connectivity index (χ0n) is 15.9. The lowest BCUT2D eigenvalue weighted by molar-refractivity contribution is 0.0993. The van der Waals surface area contributed by atoms with Crippen LogP contribution in [0.2, 0.25) is 5.02 Å². The number of carbonyl (C=O) groups excluding carboxylic acids is 1. The number of nitrogens with zero attached hydrogens (tertiary/aromatic N) is 1. The molecule has 0 aliphatic heterocycles. The number of sulfonamides is 1. The molecule has 0 radical (unpaired) electrons. The molecule has 2 heterocycles. The number of aromatic nitrogens is 1. The van der Waals surface area contributed by atoms with Gasteiger partial charge in [0, 0.05) is 6.42 Å². The lowest BCUT2D eigenvalue weighted by atomic mass is 9.95. The number of ketones is 1. The van der Waals surface area contributed by atoms with E-state index in [0.717, 1.165) is 33.6 Å². The van der Waals surface area contributed by atoms with E-state index in [2.05, 4.69) is 9.88 Å². The number of hydrogen-bond acceptors (Lipinski definition) is 7. The molecule has 0 saturated heterocycles. The topological polar surface area (TPSA) is 110 Å². The van der Waals surface area contributed by atoms with Gasteiger partial charge in [-0.15, -0.1) is 11.3 Å². The maximum Gasteiger partial charge on any atom is 0.265 e. The second-order valence-corrected chi connectivity index (χ2v) is 9.54. The number of benzene rings is 1. The lowest BCUT2D eigenvalue weighted by Gasteiger charge is -2.12. The minimum absolute atomic E-state index is 0.0502. The summed E-state index contributed by atoms with van der Waals surface area (Å²) in [5, 5.41) is 14.5. The van der Waals surface area contributed by atoms with Crippen molar-refractivity contribution in [3.63, 3.8) is 0 Å². The predicted molar refractivity (Wildman–Crippen MR) is 111 cm³/mol. The smallest absolute Gasteiger partial charge is 0.265 e. The molecule has 0 saturated carbocycles. The van der Waals surface area contributed by atoms with Gasteiger partial charge in [-0.05, 0) is 54.5 Å². The first-order valence-electron chi connectivity index (χ1n) is 8.59. The number of thiophene rings is 1. The Balaban J connectivity index is 1.90. The highest BCUT2D eigenvalue weighted by Gasteiger charge is 2.27. The van der Waals surface area contributed by atoms with Gasteiger partial charge in [-0.1, -0.05) is 28.9 Å². The zero-order valence-corrected chi connectivity index (χ0v) is 18.3. The molecule has 3 rings (SSSR count). The van der Waals surface area contributed by atoms with Crippen molar-refractivity contribution in [2.75, 3.05) is 4.72 Å². The molecular weight excluding hydrogens is 436 g/mol. The molecule has 7 nitrogen and oxygen atoms in total. The van der Waals surface area contributed by atoms with Gasteiger partial charge in [0.15, 0.2) is 5.78 Å². The maximum atomic E-state index is 12.9. The SMILES string of the molecule is Cc1cc(CO)cc(C)c1CC(=O)c1sccc1S(=O)(=O)Nc1onc(C)c1Cl. The van der Waals surface area contributed by atoms with Crippen molar-refractivity contribution in [1.29, 1.82) is 0 Å². The van der Waals surface area contributed by atoms with E-state index < -0.39 is 10.0 Å². The first kappa shape index (κ1) is 21.5. The Hall–Kier alpha value is -2.20. The summed E-state index contributed by atoms with van der Waals surface area (Å²) in [6, 6.07) is 5.00. The predicted octanol–water partition coefficient (Wildman–Crippen LogP) is 4.03. The van der Waals surface area contributed by atoms with E-state index in [1.54, 1.807) is 12.3 Å². The van der Waals surface area contributed by atoms with Gasteiger partial charge in [-0.3, -0.25) is 4.79 Å². The summed E-state index contributed by atoms with van der Waals surface area (Å²) in [4.78, 5) is 12.9. The molecule has 10 heteroatoms. The molecule has 0 bridgehead atoms. The molecule has 0 fully saturated rings. The third-order valence-corrected chi connectivity index (χ3v) is 7.37. The number of carbonyl (C=O) groups is 1. The Kier molecular flexibility index (Phi) is 6.13. The van der Waals surface area contributed by atoms with Crippen LogP contribution in [0.5, 0.6) is 0 Å². The average molecular weight is 455 g/mol. The molecule has 3 aromatic rings. The van der Waals surface area contributed by atoms with Crippen LogP contribution in [0.4, 0.5) is 5.88 Å². The highest BCUT2D eigenvalue weighted by molar-refractivity contribution is 7.93. The molecule has 0 unspecified atom stereocenters. The lowest BCUT2D eigenvalue weighted by Crippen LogP contribution is -2.16. The van der Waals surface area contributed by atoms with Crippen LogP contribution < -0.4 is 4.72 Å². The van der Waals surface area contributed by atoms with Crippen LogP contribution in [-0.2, 0) is 23.1 Å². The van der Waals surface area contributed by atoms with E-state index in [4.69, 9.17) is 16.1 Å². The summed E-state index contributed by atoms with van der Waals surface area (Å²) in [6.45, 7) is 5.21. The maximum absolute atomic E-state index is 12.9. The van der Waals surface area contributed by atoms with Gasteiger partial charge in [-0.2, -0.15) is 0 Å². The van der Waals surface area contributed by atoms with Crippen molar-refractivity contribution in [2.45, 2.75) is 38.7 Å². The highest BCUT2D eigenvalue weighted by Crippen LogP contribution is 2.30. The second-order valence-electron chi connectivity index (χ2n) is 6.60. The molecule has 0 spiro atoms. The van der Waals surface area contributed by atoms with Crippen LogP contribution in [0.3, 0.4) is 0 Å². The summed E-state index contributed by atoms with van der Waals surface area (Å²) in [7, 11) is -4.09. The van der Waals surface area contributed by atoms with Crippen molar-refractivity contribution in [3.05, 3.63) is 61.4 Å². The number of aliphatic hydroxyl groups is 1. The third-order valence-electron chi connectivity index (χ3n) is 4.47. The first-order chi connectivity index (χ1) is 13.6. The summed E-state index contributed by atoms with van der Waals surface area (Å²) in [5.74, 6) is -0.511. The van der Waals surface area contributed by atoms with Gasteiger partial charge in [0.2, 0.25) is 0 Å². The van der Waals surface area contributed by atoms with Crippen molar-refractivity contribution < 1.29 is 22.8 Å². The van der Waals surface area contributed by atoms with Crippen LogP contribution in [0, 0.1) is 20.8 Å². The summed E-state index contributed by atoms with van der Waals surface area (Å²) in [6.07, 6.45) is 0.0502. The number of halogens is 1. The minimum Gasteiger partial charge on any atom is -0.392 e. The molecule has 2 N–H and O–H groups in total. The molecule has 29 heavy (non-hydrogen) atoms. The fourth-order valence-corrected chi connectivity index (χ4v) is 5.56. The first-order valence-corrected chi connectivity index (χ1v) is 11.3. The van der Waals surface area contributed by atoms with Crippen LogP contribution in [0.1, 0.15) is 37.6 Å². The molecule has 154 valence electrons. The minimum atomic E-state index is -4.09. The number of hydrogen-bond donors (Lipinski definition) is 2. The Labute approximate surface area is 177 Å². The van der Waals surface area contributed by atoms with Gasteiger partial charge in [0.05, 0.1) is 11.5 Å². The van der Waals surface area contributed by atoms with E-state index in [9.17, 15) is 18.3 Å². The molecule has 0 aliphatic carbocycles. The van der Waals surface area contributed by atoms with Crippen LogP contribution in [0.25, 0.3) is 0 Å². The van der Waals surface area contributed by atoms with Crippen LogP contribution in [0.15, 0.2) is 33.0 Å². The summed E-state index contributed by atoms with van der Waals surface area (Å²) < 4.78 is 32.7. The Morgan fingerprint density at radius 1 is 1.28 bits per heavy atom. The Bertz CT molecular complexity index is 1160. The van der Waals surface area contributed by atoms with E-state index >= 15 is 0 Å². The van der Waals surface area contributed by atoms with Gasteiger partial charge in [-0.25, -0.2) is 13.1 Å². The Morgan fingerprint density at radius 3 is 2.48 bits per heavy atom. The van der Waals surface area contributed by atoms with E-state index in [1.165, 1.54) is 6.07 Å². The van der Waals surface area contributed by atoms with Gasteiger partial charge >= 0.3 is 0 Å². The second kappa shape index (κ2) is 8.27. The molecule has 0 aliphatic rings. The van der Waals surface area contributed by atoms with Gasteiger partial charge in [0.25, 0.3) is 15.9 Å². The third kappa shape index (κ3) is 4.37. The molecule has 1 aromatic carbocycles. The van der Waals surface area contributed by atoms with Gasteiger partial charge in [0.1, 0.15) is 15.6 Å². The number of Topliss-reactive ketones (excluding diaryl/α,β-unsaturated/α-hetero) is 1. The van der Waals surface area contributed by atoms with Crippen LogP contribution >= 0.6 is 22.9 Å². The van der Waals surface area contributed by atoms with Crippen molar-refractivity contribution in [1.82, 2.24) is 5.16 Å². The van der Waals surface area contributed by atoms with E-state index in [0.29, 0.717) is 5.69 Å². The quantitative estimate of drug-likeness (QED) is 0.521. The van der Waals surface area contributed by atoms with Crippen molar-refractivity contribution in [2.24, 2.45) is 0 Å². The molecule has 0 amide bonds. The van der Waals surface area contributed by atoms with Crippen LogP contribution in [-0.4, -0.2) is 24.5 Å². The standard InChI is InChI=1S/C19H19ClN2O5S2/c1-10-6-13(9-23)7-11(2)14(10)8-15(24)18-16(4-5-28-18)29(25,26)22-19-17(20)12(3)21-27-19/h4-7,22-23H,8-9H2,1-3H3. The Morgan fingerprint density at radius 2 is 1.93 bits per heavy atom. The summed E-state index contributed by atoms with van der Waals surface area (Å²) in [5.41, 5.74) is 3.66.